The van der Waals surface area contributed by atoms with Gasteiger partial charge in [-0.05, 0) is 13.6 Å². The Morgan fingerprint density at radius 3 is 2.79 bits per heavy atom. The van der Waals surface area contributed by atoms with Gasteiger partial charge >= 0.3 is 0 Å². The van der Waals surface area contributed by atoms with Crippen molar-refractivity contribution in [3.8, 4) is 0 Å². The van der Waals surface area contributed by atoms with Crippen molar-refractivity contribution in [2.75, 3.05) is 44.7 Å². The Morgan fingerprint density at radius 1 is 1.32 bits per heavy atom. The topological polar surface area (TPSA) is 35.8 Å². The predicted molar refractivity (Wildman–Crippen MR) is 80.2 cm³/mol. The molecule has 1 fully saturated rings. The molecule has 3 heterocycles. The van der Waals surface area contributed by atoms with Gasteiger partial charge in [-0.15, -0.1) is 11.3 Å². The minimum Gasteiger partial charge on any atom is -0.352 e. The number of rotatable bonds is 4. The minimum absolute atomic E-state index is 0.862. The van der Waals surface area contributed by atoms with Gasteiger partial charge in [0.2, 0.25) is 0 Å². The monoisotopic (exact) mass is 279 g/mol. The van der Waals surface area contributed by atoms with Crippen molar-refractivity contribution in [3.63, 3.8) is 0 Å². The first-order valence-corrected chi connectivity index (χ1v) is 7.77. The summed E-state index contributed by atoms with van der Waals surface area (Å²) >= 11 is 1.70. The van der Waals surface area contributed by atoms with Crippen molar-refractivity contribution < 1.29 is 0 Å². The standard InChI is InChI=1S/C13H21N5S/c1-3-16-4-6-17(7-5-16)12-11(10-14-2)18-8-9-19-13(18)15-12/h8-9,14H,3-7,10H2,1-2H3. The highest BCUT2D eigenvalue weighted by Gasteiger charge is 2.22. The number of likely N-dealkylation sites (N-methyl/N-ethyl adjacent to an activating group) is 1. The van der Waals surface area contributed by atoms with Crippen LogP contribution < -0.4 is 10.2 Å². The SMILES string of the molecule is CCN1CCN(c2nc3sccn3c2CNC)CC1. The highest BCUT2D eigenvalue weighted by Crippen LogP contribution is 2.25. The number of hydrogen-bond acceptors (Lipinski definition) is 5. The van der Waals surface area contributed by atoms with E-state index in [-0.39, 0.29) is 0 Å². The number of thiazole rings is 1. The van der Waals surface area contributed by atoms with Gasteiger partial charge < -0.3 is 15.1 Å². The second kappa shape index (κ2) is 5.48. The molecule has 0 unspecified atom stereocenters. The maximum Gasteiger partial charge on any atom is 0.195 e. The third kappa shape index (κ3) is 2.35. The summed E-state index contributed by atoms with van der Waals surface area (Å²) in [6, 6.07) is 0. The van der Waals surface area contributed by atoms with Crippen LogP contribution in [0, 0.1) is 0 Å². The normalized spacial score (nSPS) is 17.5. The highest BCUT2D eigenvalue weighted by molar-refractivity contribution is 7.15. The van der Waals surface area contributed by atoms with E-state index in [1.54, 1.807) is 11.3 Å². The van der Waals surface area contributed by atoms with E-state index >= 15 is 0 Å². The van der Waals surface area contributed by atoms with Crippen LogP contribution in [0.15, 0.2) is 11.6 Å². The third-order valence-corrected chi connectivity index (χ3v) is 4.56. The van der Waals surface area contributed by atoms with Crippen LogP contribution in [0.3, 0.4) is 0 Å². The summed E-state index contributed by atoms with van der Waals surface area (Å²) in [5.41, 5.74) is 1.28. The lowest BCUT2D eigenvalue weighted by molar-refractivity contribution is 0.270. The van der Waals surface area contributed by atoms with E-state index in [1.807, 2.05) is 7.05 Å². The Balaban J connectivity index is 1.87. The molecular formula is C13H21N5S. The molecule has 2 aromatic heterocycles. The van der Waals surface area contributed by atoms with Crippen molar-refractivity contribution in [1.29, 1.82) is 0 Å². The Labute approximate surface area is 117 Å². The van der Waals surface area contributed by atoms with Gasteiger partial charge in [0.1, 0.15) is 0 Å². The largest absolute Gasteiger partial charge is 0.352 e. The molecule has 1 aliphatic heterocycles. The predicted octanol–water partition coefficient (Wildman–Crippen LogP) is 1.26. The fourth-order valence-corrected chi connectivity index (χ4v) is 3.41. The molecule has 0 radical (unpaired) electrons. The molecule has 0 atom stereocenters. The van der Waals surface area contributed by atoms with Crippen molar-refractivity contribution in [2.45, 2.75) is 13.5 Å². The van der Waals surface area contributed by atoms with Crippen molar-refractivity contribution in [3.05, 3.63) is 17.3 Å². The van der Waals surface area contributed by atoms with E-state index in [1.165, 1.54) is 5.69 Å². The van der Waals surface area contributed by atoms with Crippen LogP contribution in [0.4, 0.5) is 5.82 Å². The van der Waals surface area contributed by atoms with Gasteiger partial charge in [-0.25, -0.2) is 4.98 Å². The quantitative estimate of drug-likeness (QED) is 0.914. The van der Waals surface area contributed by atoms with Gasteiger partial charge in [0.25, 0.3) is 0 Å². The average Bonchev–Trinajstić information content (AvgIpc) is 3.02. The van der Waals surface area contributed by atoms with E-state index in [4.69, 9.17) is 4.98 Å². The molecule has 0 spiro atoms. The van der Waals surface area contributed by atoms with Crippen LogP contribution in [0.2, 0.25) is 0 Å². The van der Waals surface area contributed by atoms with Crippen LogP contribution in [0.1, 0.15) is 12.6 Å². The summed E-state index contributed by atoms with van der Waals surface area (Å²) in [5.74, 6) is 1.16. The zero-order chi connectivity index (χ0) is 13.2. The number of nitrogens with one attached hydrogen (secondary N) is 1. The number of aromatic nitrogens is 2. The van der Waals surface area contributed by atoms with Crippen molar-refractivity contribution >= 4 is 22.1 Å². The Morgan fingerprint density at radius 2 is 2.11 bits per heavy atom. The van der Waals surface area contributed by atoms with Gasteiger partial charge in [-0.3, -0.25) is 4.40 Å². The minimum atomic E-state index is 0.862. The zero-order valence-corrected chi connectivity index (χ0v) is 12.4. The molecule has 3 rings (SSSR count). The van der Waals surface area contributed by atoms with Crippen LogP contribution >= 0.6 is 11.3 Å². The Hall–Kier alpha value is -1.11. The first kappa shape index (κ1) is 12.9. The molecular weight excluding hydrogens is 258 g/mol. The number of anilines is 1. The molecule has 1 N–H and O–H groups in total. The van der Waals surface area contributed by atoms with E-state index in [0.29, 0.717) is 0 Å². The molecule has 19 heavy (non-hydrogen) atoms. The molecule has 2 aromatic rings. The molecule has 0 aliphatic carbocycles. The average molecular weight is 279 g/mol. The summed E-state index contributed by atoms with van der Waals surface area (Å²) in [6.07, 6.45) is 2.12. The van der Waals surface area contributed by atoms with Gasteiger partial charge in [-0.1, -0.05) is 6.92 Å². The molecule has 5 nitrogen and oxygen atoms in total. The molecule has 1 aliphatic rings. The number of nitrogens with zero attached hydrogens (tertiary/aromatic N) is 4. The second-order valence-corrected chi connectivity index (χ2v) is 5.76. The van der Waals surface area contributed by atoms with Gasteiger partial charge in [0.05, 0.1) is 5.69 Å². The van der Waals surface area contributed by atoms with Crippen molar-refractivity contribution in [1.82, 2.24) is 19.6 Å². The van der Waals surface area contributed by atoms with Gasteiger partial charge in [0, 0.05) is 44.3 Å². The number of piperazine rings is 1. The maximum absolute atomic E-state index is 4.81. The first-order valence-electron chi connectivity index (χ1n) is 6.89. The Bertz CT molecular complexity index is 538. The summed E-state index contributed by atoms with van der Waals surface area (Å²) in [4.78, 5) is 10.8. The molecule has 0 amide bonds. The Kier molecular flexibility index (Phi) is 3.72. The van der Waals surface area contributed by atoms with Gasteiger partial charge in [0.15, 0.2) is 10.8 Å². The maximum atomic E-state index is 4.81. The van der Waals surface area contributed by atoms with E-state index in [0.717, 1.165) is 50.0 Å². The lowest BCUT2D eigenvalue weighted by Crippen LogP contribution is -2.46. The summed E-state index contributed by atoms with van der Waals surface area (Å²) in [7, 11) is 1.99. The number of fused-ring (bicyclic) bond motifs is 1. The molecule has 1 saturated heterocycles. The van der Waals surface area contributed by atoms with E-state index < -0.39 is 0 Å². The lowest BCUT2D eigenvalue weighted by atomic mass is 10.3. The van der Waals surface area contributed by atoms with Gasteiger partial charge in [-0.2, -0.15) is 0 Å². The van der Waals surface area contributed by atoms with Crippen LogP contribution in [-0.4, -0.2) is 54.1 Å². The molecule has 0 saturated carbocycles. The van der Waals surface area contributed by atoms with Crippen molar-refractivity contribution in [2.24, 2.45) is 0 Å². The third-order valence-electron chi connectivity index (χ3n) is 3.80. The van der Waals surface area contributed by atoms with E-state index in [9.17, 15) is 0 Å². The zero-order valence-electron chi connectivity index (χ0n) is 11.6. The fourth-order valence-electron chi connectivity index (χ4n) is 2.68. The smallest absolute Gasteiger partial charge is 0.195 e. The molecule has 0 aromatic carbocycles. The van der Waals surface area contributed by atoms with Crippen LogP contribution in [0.25, 0.3) is 4.96 Å². The highest BCUT2D eigenvalue weighted by atomic mass is 32.1. The molecule has 6 heteroatoms. The molecule has 0 bridgehead atoms. The fraction of sp³-hybridized carbons (Fsp3) is 0.615. The number of hydrogen-bond donors (Lipinski definition) is 1. The summed E-state index contributed by atoms with van der Waals surface area (Å²) in [6.45, 7) is 8.68. The van der Waals surface area contributed by atoms with E-state index in [2.05, 4.69) is 38.0 Å². The second-order valence-electron chi connectivity index (χ2n) is 4.89. The lowest BCUT2D eigenvalue weighted by Gasteiger charge is -2.34. The van der Waals surface area contributed by atoms with Crippen LogP contribution in [-0.2, 0) is 6.54 Å². The molecule has 104 valence electrons. The first-order chi connectivity index (χ1) is 9.33. The summed E-state index contributed by atoms with van der Waals surface area (Å²) in [5, 5.41) is 5.36. The number of imidazole rings is 1. The van der Waals surface area contributed by atoms with Crippen LogP contribution in [0.5, 0.6) is 0 Å². The summed E-state index contributed by atoms with van der Waals surface area (Å²) < 4.78 is 2.21.